The predicted molar refractivity (Wildman–Crippen MR) is 40.1 cm³/mol. The number of halogens is 2. The molecule has 0 aromatic rings. The number of hydrogen-bond acceptors (Lipinski definition) is 3. The quantitative estimate of drug-likeness (QED) is 0.652. The fourth-order valence-corrected chi connectivity index (χ4v) is 0.712. The number of hydrogen-bond donors (Lipinski definition) is 1. The zero-order chi connectivity index (χ0) is 9.72. The predicted octanol–water partition coefficient (Wildman–Crippen LogP) is 0.791. The number of carbonyl (C=O) groups is 1. The first kappa shape index (κ1) is 11.3. The lowest BCUT2D eigenvalue weighted by molar-refractivity contribution is -0.143. The second kappa shape index (κ2) is 5.03. The van der Waals surface area contributed by atoms with Crippen molar-refractivity contribution in [1.82, 2.24) is 5.32 Å². The van der Waals surface area contributed by atoms with Gasteiger partial charge in [0.05, 0.1) is 13.2 Å². The third-order valence-corrected chi connectivity index (χ3v) is 1.45. The molecule has 0 amide bonds. The molecule has 0 spiro atoms. The van der Waals surface area contributed by atoms with Gasteiger partial charge in [0.2, 0.25) is 0 Å². The lowest BCUT2D eigenvalue weighted by atomic mass is 10.2. The lowest BCUT2D eigenvalue weighted by Crippen LogP contribution is -2.43. The first-order valence-corrected chi connectivity index (χ1v) is 3.61. The van der Waals surface area contributed by atoms with Crippen molar-refractivity contribution in [2.75, 3.05) is 7.11 Å². The minimum Gasteiger partial charge on any atom is -0.468 e. The zero-order valence-electron chi connectivity index (χ0n) is 7.30. The van der Waals surface area contributed by atoms with E-state index >= 15 is 0 Å². The number of methoxy groups -OCH3 is 1. The maximum absolute atomic E-state index is 11.9. The molecular weight excluding hydrogens is 168 g/mol. The minimum absolute atomic E-state index is 0.539. The molecule has 0 rings (SSSR count). The van der Waals surface area contributed by atoms with Crippen LogP contribution in [0.5, 0.6) is 0 Å². The summed E-state index contributed by atoms with van der Waals surface area (Å²) in [4.78, 5) is 10.7. The van der Waals surface area contributed by atoms with Crippen molar-refractivity contribution in [3.63, 3.8) is 0 Å². The molecule has 0 aromatic heterocycles. The topological polar surface area (TPSA) is 38.3 Å². The second-order valence-corrected chi connectivity index (χ2v) is 2.53. The molecule has 1 N–H and O–H groups in total. The van der Waals surface area contributed by atoms with Crippen molar-refractivity contribution in [2.24, 2.45) is 0 Å². The molecule has 0 saturated carbocycles. The molecule has 72 valence electrons. The minimum atomic E-state index is -2.47. The van der Waals surface area contributed by atoms with Gasteiger partial charge in [0.15, 0.2) is 0 Å². The highest BCUT2D eigenvalue weighted by Crippen LogP contribution is 2.01. The van der Waals surface area contributed by atoms with Crippen LogP contribution in [-0.4, -0.2) is 31.6 Å². The zero-order valence-corrected chi connectivity index (χ0v) is 7.30. The Labute approximate surface area is 70.1 Å². The van der Waals surface area contributed by atoms with Crippen molar-refractivity contribution in [3.05, 3.63) is 0 Å². The van der Waals surface area contributed by atoms with E-state index in [2.05, 4.69) is 10.1 Å². The maximum Gasteiger partial charge on any atom is 0.322 e. The Bertz CT molecular complexity index is 152. The Morgan fingerprint density at radius 3 is 2.25 bits per heavy atom. The first-order valence-electron chi connectivity index (χ1n) is 3.61. The van der Waals surface area contributed by atoms with E-state index in [4.69, 9.17) is 0 Å². The van der Waals surface area contributed by atoms with Crippen LogP contribution in [0, 0.1) is 0 Å². The van der Waals surface area contributed by atoms with Crippen LogP contribution < -0.4 is 5.32 Å². The molecule has 0 radical (unpaired) electrons. The lowest BCUT2D eigenvalue weighted by Gasteiger charge is -2.16. The van der Waals surface area contributed by atoms with Crippen LogP contribution in [0.2, 0.25) is 0 Å². The molecule has 0 aliphatic rings. The van der Waals surface area contributed by atoms with Gasteiger partial charge in [-0.2, -0.15) is 0 Å². The number of carbonyl (C=O) groups excluding carboxylic acids is 1. The molecule has 0 bridgehead atoms. The van der Waals surface area contributed by atoms with Crippen molar-refractivity contribution in [2.45, 2.75) is 32.4 Å². The molecule has 5 heteroatoms. The second-order valence-electron chi connectivity index (χ2n) is 2.53. The van der Waals surface area contributed by atoms with Gasteiger partial charge in [-0.15, -0.1) is 0 Å². The highest BCUT2D eigenvalue weighted by molar-refractivity contribution is 5.75. The highest BCUT2D eigenvalue weighted by atomic mass is 19.3. The Balaban J connectivity index is 3.83. The van der Waals surface area contributed by atoms with E-state index in [9.17, 15) is 13.6 Å². The van der Waals surface area contributed by atoms with Gasteiger partial charge in [0.25, 0.3) is 6.43 Å². The smallest absolute Gasteiger partial charge is 0.322 e. The van der Waals surface area contributed by atoms with Crippen molar-refractivity contribution in [3.8, 4) is 0 Å². The molecule has 0 saturated heterocycles. The molecule has 2 atom stereocenters. The molecule has 0 aliphatic carbocycles. The third-order valence-electron chi connectivity index (χ3n) is 1.45. The van der Waals surface area contributed by atoms with E-state index in [-0.39, 0.29) is 0 Å². The summed E-state index contributed by atoms with van der Waals surface area (Å²) < 4.78 is 28.2. The Hall–Kier alpha value is -0.710. The fraction of sp³-hybridized carbons (Fsp3) is 0.857. The normalized spacial score (nSPS) is 15.8. The van der Waals surface area contributed by atoms with Crippen LogP contribution in [0.15, 0.2) is 0 Å². The van der Waals surface area contributed by atoms with E-state index in [1.54, 1.807) is 0 Å². The molecular formula is C7H13F2NO2. The molecule has 0 aliphatic heterocycles. The van der Waals surface area contributed by atoms with Crippen LogP contribution in [0.3, 0.4) is 0 Å². The van der Waals surface area contributed by atoms with Crippen molar-refractivity contribution < 1.29 is 18.3 Å². The Morgan fingerprint density at radius 2 is 1.92 bits per heavy atom. The number of ether oxygens (including phenoxy) is 1. The molecule has 12 heavy (non-hydrogen) atoms. The van der Waals surface area contributed by atoms with Gasteiger partial charge in [0.1, 0.15) is 6.04 Å². The summed E-state index contributed by atoms with van der Waals surface area (Å²) in [6.07, 6.45) is -2.47. The average molecular weight is 181 g/mol. The number of rotatable bonds is 4. The molecule has 0 fully saturated rings. The van der Waals surface area contributed by atoms with Crippen molar-refractivity contribution in [1.29, 1.82) is 0 Å². The van der Waals surface area contributed by atoms with Gasteiger partial charge in [-0.25, -0.2) is 8.78 Å². The summed E-state index contributed by atoms with van der Waals surface area (Å²) in [5.41, 5.74) is 0. The van der Waals surface area contributed by atoms with E-state index in [0.717, 1.165) is 0 Å². The Kier molecular flexibility index (Phi) is 4.73. The summed E-state index contributed by atoms with van der Waals surface area (Å²) in [7, 11) is 1.22. The molecule has 0 heterocycles. The van der Waals surface area contributed by atoms with Crippen LogP contribution in [0.4, 0.5) is 8.78 Å². The molecule has 3 nitrogen and oxygen atoms in total. The highest BCUT2D eigenvalue weighted by Gasteiger charge is 2.20. The van der Waals surface area contributed by atoms with E-state index in [0.29, 0.717) is 0 Å². The van der Waals surface area contributed by atoms with E-state index < -0.39 is 24.5 Å². The third kappa shape index (κ3) is 3.61. The van der Waals surface area contributed by atoms with Crippen LogP contribution in [-0.2, 0) is 9.53 Å². The van der Waals surface area contributed by atoms with E-state index in [1.165, 1.54) is 21.0 Å². The largest absolute Gasteiger partial charge is 0.468 e. The van der Waals surface area contributed by atoms with E-state index in [1.807, 2.05) is 0 Å². The summed E-state index contributed by atoms with van der Waals surface area (Å²) in [6.45, 7) is 2.79. The van der Waals surface area contributed by atoms with Gasteiger partial charge < -0.3 is 4.74 Å². The number of alkyl halides is 2. The Morgan fingerprint density at radius 1 is 1.42 bits per heavy atom. The summed E-state index contributed by atoms with van der Waals surface area (Å²) >= 11 is 0. The van der Waals surface area contributed by atoms with Gasteiger partial charge in [-0.1, -0.05) is 0 Å². The van der Waals surface area contributed by atoms with Crippen molar-refractivity contribution >= 4 is 5.97 Å². The standard InChI is InChI=1S/C7H13F2NO2/c1-4(6(8)9)10-5(2)7(11)12-3/h4-6,10H,1-3H3/t4?,5-/m0/s1. The summed E-state index contributed by atoms with van der Waals surface area (Å²) in [5, 5.41) is 2.41. The summed E-state index contributed by atoms with van der Waals surface area (Å²) in [5.74, 6) is -0.539. The number of nitrogens with one attached hydrogen (secondary N) is 1. The first-order chi connectivity index (χ1) is 5.49. The van der Waals surface area contributed by atoms with Gasteiger partial charge in [-0.05, 0) is 13.8 Å². The van der Waals surface area contributed by atoms with Crippen LogP contribution in [0.25, 0.3) is 0 Å². The maximum atomic E-state index is 11.9. The average Bonchev–Trinajstić information content (AvgIpc) is 2.02. The van der Waals surface area contributed by atoms with Gasteiger partial charge >= 0.3 is 5.97 Å². The molecule has 0 aromatic carbocycles. The monoisotopic (exact) mass is 181 g/mol. The number of esters is 1. The SMILES string of the molecule is COC(=O)[C@H](C)NC(C)C(F)F. The van der Waals surface area contributed by atoms with Gasteiger partial charge in [0, 0.05) is 0 Å². The van der Waals surface area contributed by atoms with Gasteiger partial charge in [-0.3, -0.25) is 10.1 Å². The van der Waals surface area contributed by atoms with Crippen LogP contribution in [0.1, 0.15) is 13.8 Å². The fourth-order valence-electron chi connectivity index (χ4n) is 0.712. The summed E-state index contributed by atoms with van der Waals surface area (Å²) in [6, 6.07) is -1.70. The molecule has 1 unspecified atom stereocenters. The van der Waals surface area contributed by atoms with Crippen LogP contribution >= 0.6 is 0 Å².